The number of aliphatic imine (C=N–C) groups is 1. The van der Waals surface area contributed by atoms with Crippen molar-refractivity contribution in [1.29, 1.82) is 0 Å². The van der Waals surface area contributed by atoms with Crippen molar-refractivity contribution in [2.24, 2.45) is 18.0 Å². The van der Waals surface area contributed by atoms with E-state index in [2.05, 4.69) is 20.9 Å². The van der Waals surface area contributed by atoms with Crippen molar-refractivity contribution in [1.82, 2.24) is 20.5 Å². The van der Waals surface area contributed by atoms with Crippen molar-refractivity contribution < 1.29 is 4.79 Å². The van der Waals surface area contributed by atoms with Crippen LogP contribution in [-0.4, -0.2) is 36.6 Å². The molecule has 1 fully saturated rings. The number of aromatic nitrogens is 1. The highest BCUT2D eigenvalue weighted by atomic mass is 127. The summed E-state index contributed by atoms with van der Waals surface area (Å²) in [5.41, 5.74) is 0.961. The van der Waals surface area contributed by atoms with Gasteiger partial charge in [0, 0.05) is 39.3 Å². The largest absolute Gasteiger partial charge is 0.355 e. The lowest BCUT2D eigenvalue weighted by atomic mass is 10.0. The van der Waals surface area contributed by atoms with Crippen molar-refractivity contribution in [2.75, 3.05) is 20.1 Å². The number of halogens is 3. The van der Waals surface area contributed by atoms with Crippen molar-refractivity contribution in [2.45, 2.75) is 38.6 Å². The highest BCUT2D eigenvalue weighted by Crippen LogP contribution is 2.27. The second-order valence-corrected chi connectivity index (χ2v) is 7.16. The lowest BCUT2D eigenvalue weighted by Gasteiger charge is -2.13. The zero-order valence-corrected chi connectivity index (χ0v) is 19.1. The van der Waals surface area contributed by atoms with Crippen molar-refractivity contribution in [3.05, 3.63) is 21.9 Å². The first-order valence-electron chi connectivity index (χ1n) is 8.72. The van der Waals surface area contributed by atoms with E-state index in [1.54, 1.807) is 7.05 Å². The van der Waals surface area contributed by atoms with Crippen LogP contribution in [0.4, 0.5) is 0 Å². The molecule has 1 amide bonds. The molecule has 1 aliphatic rings. The van der Waals surface area contributed by atoms with E-state index in [0.29, 0.717) is 48.1 Å². The molecule has 1 saturated carbocycles. The molecule has 9 heteroatoms. The number of carbonyl (C=O) groups excluding carboxylic acids is 1. The van der Waals surface area contributed by atoms with Gasteiger partial charge in [0.25, 0.3) is 0 Å². The Morgan fingerprint density at radius 1 is 1.23 bits per heavy atom. The Morgan fingerprint density at radius 3 is 2.46 bits per heavy atom. The molecule has 148 valence electrons. The van der Waals surface area contributed by atoms with E-state index in [9.17, 15) is 4.79 Å². The fourth-order valence-electron chi connectivity index (χ4n) is 3.09. The van der Waals surface area contributed by atoms with E-state index in [-0.39, 0.29) is 29.9 Å². The Balaban J connectivity index is 0.00000338. The third-order valence-electron chi connectivity index (χ3n) is 4.56. The Morgan fingerprint density at radius 2 is 1.88 bits per heavy atom. The standard InChI is InChI=1S/C17H27Cl2N5O.HI/c1-20-17(23-11-13-10-14(18)16(19)24(13)2)22-8-7-21-15(25)9-12-5-3-4-6-12;/h10,12H,3-9,11H2,1-2H3,(H,21,25)(H2,20,22,23);1H. The van der Waals surface area contributed by atoms with Crippen LogP contribution in [0.2, 0.25) is 10.2 Å². The lowest BCUT2D eigenvalue weighted by Crippen LogP contribution is -2.41. The van der Waals surface area contributed by atoms with Crippen LogP contribution in [0.15, 0.2) is 11.1 Å². The molecule has 6 nitrogen and oxygen atoms in total. The maximum atomic E-state index is 11.9. The molecule has 0 spiro atoms. The van der Waals surface area contributed by atoms with E-state index < -0.39 is 0 Å². The molecule has 0 bridgehead atoms. The number of guanidine groups is 1. The molecule has 0 radical (unpaired) electrons. The minimum Gasteiger partial charge on any atom is -0.355 e. The highest BCUT2D eigenvalue weighted by Gasteiger charge is 2.18. The third kappa shape index (κ3) is 7.15. The van der Waals surface area contributed by atoms with Gasteiger partial charge in [-0.2, -0.15) is 0 Å². The number of rotatable bonds is 7. The Hall–Kier alpha value is -0.670. The van der Waals surface area contributed by atoms with Crippen LogP contribution in [0.1, 0.15) is 37.8 Å². The number of carbonyl (C=O) groups is 1. The van der Waals surface area contributed by atoms with E-state index in [4.69, 9.17) is 23.2 Å². The van der Waals surface area contributed by atoms with Gasteiger partial charge in [0.15, 0.2) is 5.96 Å². The van der Waals surface area contributed by atoms with Crippen LogP contribution in [0, 0.1) is 5.92 Å². The second kappa shape index (κ2) is 11.9. The molecule has 0 unspecified atom stereocenters. The Labute approximate surface area is 182 Å². The minimum atomic E-state index is 0. The summed E-state index contributed by atoms with van der Waals surface area (Å²) in [6, 6.07) is 1.83. The van der Waals surface area contributed by atoms with Gasteiger partial charge in [0.1, 0.15) is 5.15 Å². The van der Waals surface area contributed by atoms with Crippen molar-refractivity contribution in [3.8, 4) is 0 Å². The van der Waals surface area contributed by atoms with Gasteiger partial charge in [0.2, 0.25) is 5.91 Å². The fourth-order valence-corrected chi connectivity index (χ4v) is 3.50. The zero-order valence-electron chi connectivity index (χ0n) is 15.3. The fraction of sp³-hybridized carbons (Fsp3) is 0.647. The van der Waals surface area contributed by atoms with Gasteiger partial charge in [-0.25, -0.2) is 0 Å². The number of amides is 1. The van der Waals surface area contributed by atoms with Gasteiger partial charge < -0.3 is 20.5 Å². The summed E-state index contributed by atoms with van der Waals surface area (Å²) < 4.78 is 1.83. The average molecular weight is 516 g/mol. The topological polar surface area (TPSA) is 70.4 Å². The SMILES string of the molecule is CN=C(NCCNC(=O)CC1CCCC1)NCc1cc(Cl)c(Cl)n1C.I. The van der Waals surface area contributed by atoms with Crippen molar-refractivity contribution in [3.63, 3.8) is 0 Å². The number of hydrogen-bond donors (Lipinski definition) is 3. The predicted octanol–water partition coefficient (Wildman–Crippen LogP) is 3.31. The second-order valence-electron chi connectivity index (χ2n) is 6.39. The van der Waals surface area contributed by atoms with Gasteiger partial charge in [-0.3, -0.25) is 9.79 Å². The molecule has 0 atom stereocenters. The summed E-state index contributed by atoms with van der Waals surface area (Å²) in [5, 5.41) is 10.4. The molecule has 2 rings (SSSR count). The van der Waals surface area contributed by atoms with Crippen LogP contribution in [-0.2, 0) is 18.4 Å². The van der Waals surface area contributed by atoms with Crippen LogP contribution in [0.25, 0.3) is 0 Å². The normalized spacial score (nSPS) is 14.8. The predicted molar refractivity (Wildman–Crippen MR) is 119 cm³/mol. The van der Waals surface area contributed by atoms with E-state index >= 15 is 0 Å². The summed E-state index contributed by atoms with van der Waals surface area (Å²) in [6.07, 6.45) is 5.56. The molecule has 1 aliphatic carbocycles. The van der Waals surface area contributed by atoms with Crippen LogP contribution in [0.3, 0.4) is 0 Å². The van der Waals surface area contributed by atoms with Gasteiger partial charge in [-0.15, -0.1) is 24.0 Å². The van der Waals surface area contributed by atoms with Gasteiger partial charge in [0.05, 0.1) is 11.6 Å². The zero-order chi connectivity index (χ0) is 18.2. The van der Waals surface area contributed by atoms with E-state index in [1.807, 2.05) is 17.7 Å². The molecule has 1 aromatic heterocycles. The Bertz CT molecular complexity index is 615. The summed E-state index contributed by atoms with van der Waals surface area (Å²) in [4.78, 5) is 16.1. The maximum absolute atomic E-state index is 11.9. The smallest absolute Gasteiger partial charge is 0.220 e. The Kier molecular flexibility index (Phi) is 10.7. The lowest BCUT2D eigenvalue weighted by molar-refractivity contribution is -0.121. The summed E-state index contributed by atoms with van der Waals surface area (Å²) >= 11 is 12.1. The van der Waals surface area contributed by atoms with Gasteiger partial charge in [-0.05, 0) is 24.8 Å². The van der Waals surface area contributed by atoms with Crippen LogP contribution < -0.4 is 16.0 Å². The third-order valence-corrected chi connectivity index (χ3v) is 5.41. The van der Waals surface area contributed by atoms with E-state index in [1.165, 1.54) is 25.7 Å². The summed E-state index contributed by atoms with van der Waals surface area (Å²) in [7, 11) is 3.57. The highest BCUT2D eigenvalue weighted by molar-refractivity contribution is 14.0. The molecule has 26 heavy (non-hydrogen) atoms. The van der Waals surface area contributed by atoms with Crippen LogP contribution in [0.5, 0.6) is 0 Å². The minimum absolute atomic E-state index is 0. The first kappa shape index (κ1) is 23.4. The molecule has 1 aromatic rings. The monoisotopic (exact) mass is 515 g/mol. The number of nitrogens with one attached hydrogen (secondary N) is 3. The quantitative estimate of drug-likeness (QED) is 0.226. The first-order valence-corrected chi connectivity index (χ1v) is 9.47. The van der Waals surface area contributed by atoms with Gasteiger partial charge >= 0.3 is 0 Å². The van der Waals surface area contributed by atoms with Crippen molar-refractivity contribution >= 4 is 59.0 Å². The molecule has 0 aliphatic heterocycles. The molecular formula is C17H28Cl2IN5O. The number of hydrogen-bond acceptors (Lipinski definition) is 2. The molecule has 1 heterocycles. The molecule has 3 N–H and O–H groups in total. The first-order chi connectivity index (χ1) is 12.0. The molecule has 0 aromatic carbocycles. The molecular weight excluding hydrogens is 488 g/mol. The maximum Gasteiger partial charge on any atom is 0.220 e. The van der Waals surface area contributed by atoms with Gasteiger partial charge in [-0.1, -0.05) is 36.0 Å². The summed E-state index contributed by atoms with van der Waals surface area (Å²) in [6.45, 7) is 1.75. The van der Waals surface area contributed by atoms with Crippen LogP contribution >= 0.6 is 47.2 Å². The average Bonchev–Trinajstić information content (AvgIpc) is 3.18. The molecule has 0 saturated heterocycles. The summed E-state index contributed by atoms with van der Waals surface area (Å²) in [5.74, 6) is 1.38. The number of nitrogens with zero attached hydrogens (tertiary/aromatic N) is 2. The van der Waals surface area contributed by atoms with E-state index in [0.717, 1.165) is 5.69 Å².